The van der Waals surface area contributed by atoms with Crippen molar-refractivity contribution < 1.29 is 14.3 Å². The first-order valence-electron chi connectivity index (χ1n) is 11.3. The van der Waals surface area contributed by atoms with Crippen LogP contribution < -0.4 is 10.1 Å². The number of fused-ring (bicyclic) bond motifs is 1. The van der Waals surface area contributed by atoms with Crippen molar-refractivity contribution in [2.75, 3.05) is 12.4 Å². The van der Waals surface area contributed by atoms with Gasteiger partial charge in [-0.1, -0.05) is 12.1 Å². The molecule has 0 aliphatic heterocycles. The second-order valence-corrected chi connectivity index (χ2v) is 8.29. The maximum atomic E-state index is 11.7. The fourth-order valence-electron chi connectivity index (χ4n) is 3.79. The highest BCUT2D eigenvalue weighted by Gasteiger charge is 2.13. The zero-order valence-electron chi connectivity index (χ0n) is 20.1. The Kier molecular flexibility index (Phi) is 6.27. The first kappa shape index (κ1) is 23.0. The van der Waals surface area contributed by atoms with Crippen molar-refractivity contribution in [3.8, 4) is 11.5 Å². The van der Waals surface area contributed by atoms with Crippen LogP contribution in [0, 0.1) is 13.8 Å². The van der Waals surface area contributed by atoms with Gasteiger partial charge in [-0.3, -0.25) is 9.67 Å². The summed E-state index contributed by atoms with van der Waals surface area (Å²) < 4.78 is 12.6. The molecule has 5 rings (SSSR count). The maximum Gasteiger partial charge on any atom is 0.337 e. The predicted molar refractivity (Wildman–Crippen MR) is 136 cm³/mol. The Morgan fingerprint density at radius 3 is 2.53 bits per heavy atom. The zero-order valence-corrected chi connectivity index (χ0v) is 20.1. The van der Waals surface area contributed by atoms with Crippen LogP contribution in [0.5, 0.6) is 11.5 Å². The van der Waals surface area contributed by atoms with E-state index >= 15 is 0 Å². The molecule has 0 unspecified atom stereocenters. The molecule has 3 aromatic heterocycles. The third kappa shape index (κ3) is 4.85. The van der Waals surface area contributed by atoms with Crippen LogP contribution in [0.2, 0.25) is 0 Å². The van der Waals surface area contributed by atoms with Gasteiger partial charge in [-0.2, -0.15) is 5.10 Å². The van der Waals surface area contributed by atoms with E-state index in [0.29, 0.717) is 23.7 Å². The molecule has 5 aromatic rings. The van der Waals surface area contributed by atoms with E-state index in [1.807, 2.05) is 61.0 Å². The smallest absolute Gasteiger partial charge is 0.337 e. The van der Waals surface area contributed by atoms with Gasteiger partial charge in [0.2, 0.25) is 0 Å². The molecule has 1 N–H and O–H groups in total. The van der Waals surface area contributed by atoms with Gasteiger partial charge in [-0.15, -0.1) is 0 Å². The van der Waals surface area contributed by atoms with Gasteiger partial charge in [-0.05, 0) is 67.4 Å². The molecular weight excluding hydrogens is 456 g/mol. The molecule has 0 amide bonds. The number of hydrogen-bond donors (Lipinski definition) is 1. The molecule has 36 heavy (non-hydrogen) atoms. The standard InChI is InChI=1S/C27H24N6O3/c1-17-12-21(9-11-24(17)36-22-10-4-18(2)28-13-22)32-26-25-23(29-16-30-26)14-31-33(25)15-19-5-7-20(8-6-19)27(34)35-3/h4-14,16H,15H2,1-3H3,(H,29,30,32). The molecule has 0 aliphatic rings. The molecule has 0 aliphatic carbocycles. The second kappa shape index (κ2) is 9.83. The second-order valence-electron chi connectivity index (χ2n) is 8.29. The Morgan fingerprint density at radius 2 is 1.81 bits per heavy atom. The van der Waals surface area contributed by atoms with Gasteiger partial charge in [0.05, 0.1) is 31.6 Å². The van der Waals surface area contributed by atoms with Gasteiger partial charge < -0.3 is 14.8 Å². The quantitative estimate of drug-likeness (QED) is 0.317. The molecule has 2 aromatic carbocycles. The summed E-state index contributed by atoms with van der Waals surface area (Å²) in [5.41, 5.74) is 5.74. The molecule has 0 radical (unpaired) electrons. The van der Waals surface area contributed by atoms with E-state index in [4.69, 9.17) is 9.47 Å². The fraction of sp³-hybridized carbons (Fsp3) is 0.148. The average molecular weight is 481 g/mol. The molecule has 0 atom stereocenters. The summed E-state index contributed by atoms with van der Waals surface area (Å²) in [4.78, 5) is 24.8. The molecule has 180 valence electrons. The molecule has 0 fully saturated rings. The molecule has 0 saturated carbocycles. The molecule has 0 saturated heterocycles. The van der Waals surface area contributed by atoms with Crippen molar-refractivity contribution >= 4 is 28.5 Å². The number of carbonyl (C=O) groups is 1. The summed E-state index contributed by atoms with van der Waals surface area (Å²) >= 11 is 0. The van der Waals surface area contributed by atoms with Crippen molar-refractivity contribution in [3.63, 3.8) is 0 Å². The topological polar surface area (TPSA) is 104 Å². The highest BCUT2D eigenvalue weighted by molar-refractivity contribution is 5.89. The van der Waals surface area contributed by atoms with Gasteiger partial charge >= 0.3 is 5.97 Å². The minimum Gasteiger partial charge on any atom is -0.465 e. The highest BCUT2D eigenvalue weighted by atomic mass is 16.5. The van der Waals surface area contributed by atoms with E-state index in [1.54, 1.807) is 24.5 Å². The number of benzene rings is 2. The Labute approximate surface area is 207 Å². The van der Waals surface area contributed by atoms with E-state index < -0.39 is 0 Å². The summed E-state index contributed by atoms with van der Waals surface area (Å²) in [6, 6.07) is 16.9. The monoisotopic (exact) mass is 480 g/mol. The summed E-state index contributed by atoms with van der Waals surface area (Å²) in [5.74, 6) is 1.71. The number of aromatic nitrogens is 5. The van der Waals surface area contributed by atoms with Crippen LogP contribution in [-0.4, -0.2) is 37.8 Å². The maximum absolute atomic E-state index is 11.7. The Morgan fingerprint density at radius 1 is 0.972 bits per heavy atom. The summed E-state index contributed by atoms with van der Waals surface area (Å²) in [6.07, 6.45) is 4.93. The Bertz CT molecular complexity index is 1530. The molecular formula is C27H24N6O3. The van der Waals surface area contributed by atoms with Crippen LogP contribution in [0.4, 0.5) is 11.5 Å². The number of hydrogen-bond acceptors (Lipinski definition) is 8. The van der Waals surface area contributed by atoms with Crippen molar-refractivity contribution in [2.24, 2.45) is 0 Å². The molecule has 0 spiro atoms. The predicted octanol–water partition coefficient (Wildman–Crippen LogP) is 5.21. The van der Waals surface area contributed by atoms with Crippen molar-refractivity contribution in [1.82, 2.24) is 24.7 Å². The number of esters is 1. The number of carbonyl (C=O) groups excluding carboxylic acids is 1. The van der Waals surface area contributed by atoms with Crippen LogP contribution >= 0.6 is 0 Å². The third-order valence-corrected chi connectivity index (χ3v) is 5.69. The van der Waals surface area contributed by atoms with E-state index in [0.717, 1.165) is 39.3 Å². The lowest BCUT2D eigenvalue weighted by atomic mass is 10.1. The largest absolute Gasteiger partial charge is 0.465 e. The lowest BCUT2D eigenvalue weighted by Crippen LogP contribution is -2.06. The number of aryl methyl sites for hydroxylation is 2. The number of nitrogens with one attached hydrogen (secondary N) is 1. The van der Waals surface area contributed by atoms with Crippen molar-refractivity contribution in [2.45, 2.75) is 20.4 Å². The van der Waals surface area contributed by atoms with Gasteiger partial charge in [0.15, 0.2) is 5.82 Å². The van der Waals surface area contributed by atoms with E-state index in [-0.39, 0.29) is 5.97 Å². The first-order valence-corrected chi connectivity index (χ1v) is 11.3. The number of anilines is 2. The lowest BCUT2D eigenvalue weighted by molar-refractivity contribution is 0.0600. The minimum absolute atomic E-state index is 0.367. The lowest BCUT2D eigenvalue weighted by Gasteiger charge is -2.13. The summed E-state index contributed by atoms with van der Waals surface area (Å²) in [6.45, 7) is 4.41. The van der Waals surface area contributed by atoms with Crippen LogP contribution in [0.3, 0.4) is 0 Å². The van der Waals surface area contributed by atoms with Crippen LogP contribution in [-0.2, 0) is 11.3 Å². The van der Waals surface area contributed by atoms with Crippen LogP contribution in [0.15, 0.2) is 73.3 Å². The van der Waals surface area contributed by atoms with Gasteiger partial charge in [0, 0.05) is 11.4 Å². The summed E-state index contributed by atoms with van der Waals surface area (Å²) in [7, 11) is 1.37. The van der Waals surface area contributed by atoms with E-state index in [2.05, 4.69) is 25.4 Å². The molecule has 9 nitrogen and oxygen atoms in total. The van der Waals surface area contributed by atoms with Gasteiger partial charge in [0.1, 0.15) is 28.9 Å². The Balaban J connectivity index is 1.38. The first-order chi connectivity index (χ1) is 17.5. The summed E-state index contributed by atoms with van der Waals surface area (Å²) in [5, 5.41) is 7.90. The third-order valence-electron chi connectivity index (χ3n) is 5.69. The average Bonchev–Trinajstić information content (AvgIpc) is 3.30. The normalized spacial score (nSPS) is 10.9. The van der Waals surface area contributed by atoms with Gasteiger partial charge in [0.25, 0.3) is 0 Å². The molecule has 0 bridgehead atoms. The number of methoxy groups -OCH3 is 1. The zero-order chi connectivity index (χ0) is 25.1. The SMILES string of the molecule is COC(=O)c1ccc(Cn2ncc3ncnc(Nc4ccc(Oc5ccc(C)nc5)c(C)c4)c32)cc1. The van der Waals surface area contributed by atoms with Crippen LogP contribution in [0.25, 0.3) is 11.0 Å². The van der Waals surface area contributed by atoms with Crippen LogP contribution in [0.1, 0.15) is 27.2 Å². The van der Waals surface area contributed by atoms with E-state index in [1.165, 1.54) is 13.4 Å². The number of pyridine rings is 1. The number of rotatable bonds is 7. The number of nitrogens with zero attached hydrogens (tertiary/aromatic N) is 5. The minimum atomic E-state index is -0.367. The number of ether oxygens (including phenoxy) is 2. The van der Waals surface area contributed by atoms with Crippen molar-refractivity contribution in [1.29, 1.82) is 0 Å². The van der Waals surface area contributed by atoms with Crippen molar-refractivity contribution in [3.05, 3.63) is 95.7 Å². The fourth-order valence-corrected chi connectivity index (χ4v) is 3.79. The van der Waals surface area contributed by atoms with E-state index in [9.17, 15) is 4.79 Å². The highest BCUT2D eigenvalue weighted by Crippen LogP contribution is 2.29. The van der Waals surface area contributed by atoms with Gasteiger partial charge in [-0.25, -0.2) is 14.8 Å². The molecule has 3 heterocycles. The molecule has 9 heteroatoms. The Hall–Kier alpha value is -4.79.